The van der Waals surface area contributed by atoms with Gasteiger partial charge in [-0.2, -0.15) is 22.8 Å². The lowest BCUT2D eigenvalue weighted by atomic mass is 9.76. The quantitative estimate of drug-likeness (QED) is 0.198. The lowest BCUT2D eigenvalue weighted by molar-refractivity contribution is -0.275. The molecule has 44 heavy (non-hydrogen) atoms. The highest BCUT2D eigenvalue weighted by Crippen LogP contribution is 2.59. The Kier molecular flexibility index (Phi) is 8.32. The molecule has 0 radical (unpaired) electrons. The maximum atomic E-state index is 14.9. The van der Waals surface area contributed by atoms with E-state index in [0.29, 0.717) is 16.8 Å². The fourth-order valence-corrected chi connectivity index (χ4v) is 5.69. The minimum Gasteiger partial charge on any atom is -0.493 e. The van der Waals surface area contributed by atoms with Gasteiger partial charge < -0.3 is 14.2 Å². The third-order valence-corrected chi connectivity index (χ3v) is 8.19. The summed E-state index contributed by atoms with van der Waals surface area (Å²) in [6, 6.07) is 18.0. The molecular weight excluding hydrogens is 581 g/mol. The van der Waals surface area contributed by atoms with E-state index in [2.05, 4.69) is 9.97 Å². The van der Waals surface area contributed by atoms with E-state index in [1.165, 1.54) is 31.3 Å². The van der Waals surface area contributed by atoms with E-state index >= 15 is 0 Å². The first kappa shape index (κ1) is 30.9. The number of nitriles is 1. The molecule has 1 aliphatic heterocycles. The van der Waals surface area contributed by atoms with Gasteiger partial charge in [-0.05, 0) is 37.6 Å². The molecule has 1 saturated heterocycles. The van der Waals surface area contributed by atoms with Crippen LogP contribution in [0.4, 0.5) is 22.0 Å². The van der Waals surface area contributed by atoms with E-state index in [9.17, 15) is 27.2 Å². The summed E-state index contributed by atoms with van der Waals surface area (Å²) in [4.78, 5) is 8.81. The van der Waals surface area contributed by atoms with Gasteiger partial charge in [-0.3, -0.25) is 4.98 Å². The Morgan fingerprint density at radius 3 is 2.41 bits per heavy atom. The molecular formula is C33H28F5N3O3. The van der Waals surface area contributed by atoms with Gasteiger partial charge >= 0.3 is 6.18 Å². The Balaban J connectivity index is 1.69. The Bertz CT molecular complexity index is 1710. The number of hydrogen-bond acceptors (Lipinski definition) is 6. The molecule has 0 N–H and O–H groups in total. The normalized spacial score (nSPS) is 21.6. The molecule has 4 atom stereocenters. The molecule has 1 aliphatic rings. The number of aromatic nitrogens is 2. The topological polar surface area (TPSA) is 77.3 Å². The van der Waals surface area contributed by atoms with Crippen LogP contribution >= 0.6 is 0 Å². The number of ether oxygens (including phenoxy) is 3. The van der Waals surface area contributed by atoms with Gasteiger partial charge in [-0.25, -0.2) is 9.37 Å². The van der Waals surface area contributed by atoms with Crippen molar-refractivity contribution < 1.29 is 36.2 Å². The summed E-state index contributed by atoms with van der Waals surface area (Å²) in [6.45, 7) is 4.09. The van der Waals surface area contributed by atoms with E-state index < -0.39 is 47.1 Å². The lowest BCUT2D eigenvalue weighted by Crippen LogP contribution is -2.46. The smallest absolute Gasteiger partial charge is 0.417 e. The molecule has 5 rings (SSSR count). The molecule has 0 spiro atoms. The minimum atomic E-state index is -4.80. The Labute approximate surface area is 251 Å². The van der Waals surface area contributed by atoms with Crippen molar-refractivity contribution >= 4 is 0 Å². The van der Waals surface area contributed by atoms with Crippen LogP contribution in [0.1, 0.15) is 54.1 Å². The standard InChI is InChI=1S/C33H28F5N3O3/c1-18-27(23-12-13-24(34)29(35)30(23)42-4)31(44-32(18,3)33(36,37)38)25-14-26(43-17-20-8-6-5-7-9-20)28(19(2)41-25)21-10-11-22(15-39)40-16-21/h5-14,16,18,27,31H,17H2,1-4H3/t18-,27-,31-,32+/m0/s1. The Morgan fingerprint density at radius 1 is 1.07 bits per heavy atom. The van der Waals surface area contributed by atoms with Crippen LogP contribution in [-0.2, 0) is 11.3 Å². The van der Waals surface area contributed by atoms with Crippen LogP contribution < -0.4 is 9.47 Å². The molecule has 4 aromatic rings. The molecule has 2 aromatic heterocycles. The molecule has 0 bridgehead atoms. The number of pyridine rings is 2. The van der Waals surface area contributed by atoms with Crippen LogP contribution in [-0.4, -0.2) is 28.9 Å². The average molecular weight is 610 g/mol. The first-order chi connectivity index (χ1) is 20.9. The highest BCUT2D eigenvalue weighted by atomic mass is 19.4. The van der Waals surface area contributed by atoms with Crippen LogP contribution in [0.5, 0.6) is 11.5 Å². The third kappa shape index (κ3) is 5.46. The third-order valence-electron chi connectivity index (χ3n) is 8.19. The Hall–Kier alpha value is -4.56. The van der Waals surface area contributed by atoms with Crippen LogP contribution in [0.2, 0.25) is 0 Å². The first-order valence-electron chi connectivity index (χ1n) is 13.7. The Morgan fingerprint density at radius 2 is 1.80 bits per heavy atom. The van der Waals surface area contributed by atoms with Gasteiger partial charge in [-0.15, -0.1) is 0 Å². The maximum absolute atomic E-state index is 14.9. The number of benzene rings is 2. The monoisotopic (exact) mass is 609 g/mol. The van der Waals surface area contributed by atoms with Crippen molar-refractivity contribution in [2.45, 2.75) is 51.2 Å². The second-order valence-corrected chi connectivity index (χ2v) is 10.8. The van der Waals surface area contributed by atoms with E-state index in [-0.39, 0.29) is 29.3 Å². The van der Waals surface area contributed by atoms with Gasteiger partial charge in [0, 0.05) is 46.5 Å². The molecule has 0 amide bonds. The van der Waals surface area contributed by atoms with Gasteiger partial charge in [-0.1, -0.05) is 43.3 Å². The SMILES string of the molecule is COc1c([C@H]2[C@H](c3cc(OCc4ccccc4)c(-c4ccc(C#N)nc4)c(C)n3)O[C@@](C)(C(F)(F)F)[C@H]2C)ccc(F)c1F. The van der Waals surface area contributed by atoms with Crippen molar-refractivity contribution in [1.82, 2.24) is 9.97 Å². The molecule has 6 nitrogen and oxygen atoms in total. The minimum absolute atomic E-state index is 0.0171. The van der Waals surface area contributed by atoms with E-state index in [1.54, 1.807) is 13.0 Å². The van der Waals surface area contributed by atoms with E-state index in [4.69, 9.17) is 14.2 Å². The summed E-state index contributed by atoms with van der Waals surface area (Å²) < 4.78 is 89.9. The number of rotatable bonds is 7. The molecule has 228 valence electrons. The van der Waals surface area contributed by atoms with Gasteiger partial charge in [0.25, 0.3) is 0 Å². The summed E-state index contributed by atoms with van der Waals surface area (Å²) in [6.07, 6.45) is -4.66. The van der Waals surface area contributed by atoms with Gasteiger partial charge in [0.15, 0.2) is 17.2 Å². The summed E-state index contributed by atoms with van der Waals surface area (Å²) in [5.41, 5.74) is -0.00957. The van der Waals surface area contributed by atoms with Crippen molar-refractivity contribution in [2.75, 3.05) is 7.11 Å². The molecule has 11 heteroatoms. The number of hydrogen-bond donors (Lipinski definition) is 0. The van der Waals surface area contributed by atoms with Gasteiger partial charge in [0.05, 0.1) is 12.8 Å². The van der Waals surface area contributed by atoms with Crippen molar-refractivity contribution in [2.24, 2.45) is 5.92 Å². The molecule has 1 fully saturated rings. The first-order valence-corrected chi connectivity index (χ1v) is 13.7. The van der Waals surface area contributed by atoms with Gasteiger partial charge in [0.1, 0.15) is 30.2 Å². The summed E-state index contributed by atoms with van der Waals surface area (Å²) in [7, 11) is 1.12. The summed E-state index contributed by atoms with van der Waals surface area (Å²) in [5.74, 6) is -5.11. The second-order valence-electron chi connectivity index (χ2n) is 10.8. The molecule has 0 unspecified atom stereocenters. The number of alkyl halides is 3. The van der Waals surface area contributed by atoms with E-state index in [0.717, 1.165) is 25.7 Å². The second kappa shape index (κ2) is 11.8. The molecule has 3 heterocycles. The maximum Gasteiger partial charge on any atom is 0.417 e. The van der Waals surface area contributed by atoms with Crippen LogP contribution in [0.25, 0.3) is 11.1 Å². The van der Waals surface area contributed by atoms with Gasteiger partial charge in [0.2, 0.25) is 5.82 Å². The predicted molar refractivity (Wildman–Crippen MR) is 151 cm³/mol. The van der Waals surface area contributed by atoms with Crippen molar-refractivity contribution in [3.63, 3.8) is 0 Å². The molecule has 0 saturated carbocycles. The van der Waals surface area contributed by atoms with Crippen LogP contribution in [0.3, 0.4) is 0 Å². The van der Waals surface area contributed by atoms with Crippen LogP contribution in [0.15, 0.2) is 66.9 Å². The average Bonchev–Trinajstić information content (AvgIpc) is 3.29. The zero-order chi connectivity index (χ0) is 31.8. The number of methoxy groups -OCH3 is 1. The molecule has 0 aliphatic carbocycles. The number of nitrogens with zero attached hydrogens (tertiary/aromatic N) is 3. The van der Waals surface area contributed by atoms with Crippen LogP contribution in [0, 0.1) is 35.8 Å². The number of aryl methyl sites for hydroxylation is 1. The predicted octanol–water partition coefficient (Wildman–Crippen LogP) is 8.00. The zero-order valence-corrected chi connectivity index (χ0v) is 24.2. The molecule has 2 aromatic carbocycles. The highest BCUT2D eigenvalue weighted by molar-refractivity contribution is 5.72. The van der Waals surface area contributed by atoms with Crippen molar-refractivity contribution in [3.8, 4) is 28.7 Å². The number of halogens is 5. The highest BCUT2D eigenvalue weighted by Gasteiger charge is 2.65. The lowest BCUT2D eigenvalue weighted by Gasteiger charge is -2.32. The van der Waals surface area contributed by atoms with Crippen molar-refractivity contribution in [3.05, 3.63) is 107 Å². The fraction of sp³-hybridized carbons (Fsp3) is 0.303. The largest absolute Gasteiger partial charge is 0.493 e. The van der Waals surface area contributed by atoms with Crippen molar-refractivity contribution in [1.29, 1.82) is 5.26 Å². The fourth-order valence-electron chi connectivity index (χ4n) is 5.69. The van der Waals surface area contributed by atoms with E-state index in [1.807, 2.05) is 36.4 Å². The summed E-state index contributed by atoms with van der Waals surface area (Å²) in [5, 5.41) is 9.19. The zero-order valence-electron chi connectivity index (χ0n) is 24.2. The summed E-state index contributed by atoms with van der Waals surface area (Å²) >= 11 is 0.